The van der Waals surface area contributed by atoms with E-state index in [0.29, 0.717) is 24.7 Å². The van der Waals surface area contributed by atoms with E-state index in [1.165, 1.54) is 0 Å². The summed E-state index contributed by atoms with van der Waals surface area (Å²) in [6, 6.07) is 6.08. The Kier molecular flexibility index (Phi) is 7.72. The molecule has 4 rings (SSSR count). The van der Waals surface area contributed by atoms with Gasteiger partial charge in [-0.3, -0.25) is 4.79 Å². The highest BCUT2D eigenvalue weighted by atomic mass is 16.5. The molecule has 2 aliphatic heterocycles. The van der Waals surface area contributed by atoms with Crippen LogP contribution in [0.1, 0.15) is 45.4 Å². The summed E-state index contributed by atoms with van der Waals surface area (Å²) in [6.45, 7) is 5.02. The lowest BCUT2D eigenvalue weighted by Gasteiger charge is -2.32. The molecule has 0 atom stereocenters. The fourth-order valence-electron chi connectivity index (χ4n) is 4.48. The number of ether oxygens (including phenoxy) is 1. The van der Waals surface area contributed by atoms with Crippen molar-refractivity contribution >= 4 is 34.7 Å². The number of nitrogens with one attached hydrogen (secondary N) is 1. The lowest BCUT2D eigenvalue weighted by atomic mass is 10.1. The molecule has 0 radical (unpaired) electrons. The predicted octanol–water partition coefficient (Wildman–Crippen LogP) is 3.55. The van der Waals surface area contributed by atoms with Crippen molar-refractivity contribution in [3.05, 3.63) is 24.4 Å². The Labute approximate surface area is 201 Å². The Morgan fingerprint density at radius 3 is 2.71 bits per heavy atom. The molecule has 34 heavy (non-hydrogen) atoms. The van der Waals surface area contributed by atoms with Gasteiger partial charge in [-0.25, -0.2) is 4.98 Å². The van der Waals surface area contributed by atoms with E-state index in [0.717, 1.165) is 74.7 Å². The van der Waals surface area contributed by atoms with Crippen LogP contribution in [0.5, 0.6) is 5.75 Å². The number of carbonyl (C=O) groups excluding carboxylic acids is 1. The third-order valence-corrected chi connectivity index (χ3v) is 6.57. The molecule has 1 saturated heterocycles. The van der Waals surface area contributed by atoms with Crippen LogP contribution in [0, 0.1) is 0 Å². The number of rotatable bonds is 5. The Morgan fingerprint density at radius 1 is 1.15 bits per heavy atom. The molecular formula is C25H36N6O3. The molecule has 9 nitrogen and oxygen atoms in total. The number of piperidine rings is 1. The molecule has 184 valence electrons. The third kappa shape index (κ3) is 5.52. The lowest BCUT2D eigenvalue weighted by molar-refractivity contribution is -0.118. The second-order valence-corrected chi connectivity index (χ2v) is 9.04. The fraction of sp³-hybridized carbons (Fsp3) is 0.560. The number of benzene rings is 1. The molecule has 1 fully saturated rings. The average molecular weight is 469 g/mol. The van der Waals surface area contributed by atoms with Gasteiger partial charge in [0.1, 0.15) is 11.4 Å². The zero-order valence-corrected chi connectivity index (χ0v) is 20.5. The average Bonchev–Trinajstić information content (AvgIpc) is 2.84. The van der Waals surface area contributed by atoms with Crippen molar-refractivity contribution in [3.63, 3.8) is 0 Å². The van der Waals surface area contributed by atoms with E-state index in [1.54, 1.807) is 18.1 Å². The summed E-state index contributed by atoms with van der Waals surface area (Å²) in [7, 11) is 3.80. The van der Waals surface area contributed by atoms with Crippen molar-refractivity contribution in [2.75, 3.05) is 60.4 Å². The van der Waals surface area contributed by atoms with Crippen LogP contribution in [0.25, 0.3) is 0 Å². The number of fused-ring (bicyclic) bond motifs is 1. The van der Waals surface area contributed by atoms with Crippen molar-refractivity contribution in [3.8, 4) is 5.75 Å². The molecule has 0 unspecified atom stereocenters. The van der Waals surface area contributed by atoms with Crippen LogP contribution in [0.15, 0.2) is 24.4 Å². The first-order valence-corrected chi connectivity index (χ1v) is 12.3. The smallest absolute Gasteiger partial charge is 0.229 e. The van der Waals surface area contributed by atoms with Gasteiger partial charge in [0.15, 0.2) is 5.82 Å². The van der Waals surface area contributed by atoms with Gasteiger partial charge in [-0.15, -0.1) is 0 Å². The SMILES string of the molecule is CCOc1cc(N2CCC(O)CC2)ccc1Nc1ncc2c(n1)N(C)CCCCCC(=O)N2C. The van der Waals surface area contributed by atoms with Crippen LogP contribution in [0.3, 0.4) is 0 Å². The highest BCUT2D eigenvalue weighted by Crippen LogP contribution is 2.34. The summed E-state index contributed by atoms with van der Waals surface area (Å²) in [5, 5.41) is 13.1. The Morgan fingerprint density at radius 2 is 1.94 bits per heavy atom. The molecule has 1 aromatic carbocycles. The molecule has 3 heterocycles. The molecule has 0 saturated carbocycles. The monoisotopic (exact) mass is 468 g/mol. The second kappa shape index (κ2) is 10.9. The summed E-state index contributed by atoms with van der Waals surface area (Å²) in [6.07, 6.45) is 6.54. The molecule has 0 bridgehead atoms. The summed E-state index contributed by atoms with van der Waals surface area (Å²) in [5.41, 5.74) is 2.58. The quantitative estimate of drug-likeness (QED) is 0.688. The highest BCUT2D eigenvalue weighted by molar-refractivity contribution is 5.95. The minimum atomic E-state index is -0.209. The molecule has 9 heteroatoms. The van der Waals surface area contributed by atoms with Gasteiger partial charge < -0.3 is 29.9 Å². The minimum absolute atomic E-state index is 0.0836. The van der Waals surface area contributed by atoms with Gasteiger partial charge in [-0.1, -0.05) is 6.42 Å². The van der Waals surface area contributed by atoms with E-state index < -0.39 is 0 Å². The lowest BCUT2D eigenvalue weighted by Crippen LogP contribution is -2.35. The Hall–Kier alpha value is -3.07. The Balaban J connectivity index is 1.60. The molecule has 2 N–H and O–H groups in total. The fourth-order valence-corrected chi connectivity index (χ4v) is 4.48. The number of aliphatic hydroxyl groups excluding tert-OH is 1. The van der Waals surface area contributed by atoms with Gasteiger partial charge in [0, 0.05) is 51.9 Å². The van der Waals surface area contributed by atoms with E-state index in [2.05, 4.69) is 26.2 Å². The molecule has 2 aliphatic rings. The van der Waals surface area contributed by atoms with Crippen LogP contribution in [0.2, 0.25) is 0 Å². The first-order valence-electron chi connectivity index (χ1n) is 12.3. The zero-order valence-electron chi connectivity index (χ0n) is 20.5. The van der Waals surface area contributed by atoms with E-state index in [4.69, 9.17) is 9.72 Å². The molecule has 1 amide bonds. The minimum Gasteiger partial charge on any atom is -0.492 e. The summed E-state index contributed by atoms with van der Waals surface area (Å²) in [4.78, 5) is 27.9. The van der Waals surface area contributed by atoms with Gasteiger partial charge in [0.25, 0.3) is 0 Å². The third-order valence-electron chi connectivity index (χ3n) is 6.57. The van der Waals surface area contributed by atoms with E-state index >= 15 is 0 Å². The predicted molar refractivity (Wildman–Crippen MR) is 136 cm³/mol. The van der Waals surface area contributed by atoms with Gasteiger partial charge in [0.2, 0.25) is 11.9 Å². The maximum absolute atomic E-state index is 12.6. The van der Waals surface area contributed by atoms with Crippen molar-refractivity contribution < 1.29 is 14.6 Å². The zero-order chi connectivity index (χ0) is 24.1. The normalized spacial score (nSPS) is 18.0. The first kappa shape index (κ1) is 24.1. The molecule has 1 aromatic heterocycles. The first-order chi connectivity index (χ1) is 16.5. The van der Waals surface area contributed by atoms with E-state index in [-0.39, 0.29) is 12.0 Å². The number of hydrogen-bond acceptors (Lipinski definition) is 8. The number of hydrogen-bond donors (Lipinski definition) is 2. The van der Waals surface area contributed by atoms with Gasteiger partial charge in [-0.2, -0.15) is 4.98 Å². The van der Waals surface area contributed by atoms with E-state index in [9.17, 15) is 9.90 Å². The number of amides is 1. The summed E-state index contributed by atoms with van der Waals surface area (Å²) in [5.74, 6) is 2.01. The number of nitrogens with zero attached hydrogens (tertiary/aromatic N) is 5. The number of aromatic nitrogens is 2. The van der Waals surface area contributed by atoms with Crippen LogP contribution in [0.4, 0.5) is 28.8 Å². The van der Waals surface area contributed by atoms with Gasteiger partial charge in [-0.05, 0) is 44.7 Å². The van der Waals surface area contributed by atoms with Crippen LogP contribution in [-0.2, 0) is 4.79 Å². The van der Waals surface area contributed by atoms with Crippen LogP contribution < -0.4 is 24.8 Å². The summed E-state index contributed by atoms with van der Waals surface area (Å²) >= 11 is 0. The number of aliphatic hydroxyl groups is 1. The van der Waals surface area contributed by atoms with Gasteiger partial charge >= 0.3 is 0 Å². The summed E-state index contributed by atoms with van der Waals surface area (Å²) < 4.78 is 5.94. The standard InChI is InChI=1S/C25H36N6O3/c1-4-34-22-16-18(31-14-11-19(32)12-15-31)9-10-20(22)27-25-26-17-21-24(28-25)29(2)13-7-5-6-8-23(33)30(21)3/h9-10,16-17,19,32H,4-8,11-15H2,1-3H3,(H,26,27,28). The van der Waals surface area contributed by atoms with Crippen LogP contribution >= 0.6 is 0 Å². The highest BCUT2D eigenvalue weighted by Gasteiger charge is 2.22. The Bertz CT molecular complexity index is 993. The topological polar surface area (TPSA) is 94.1 Å². The van der Waals surface area contributed by atoms with Crippen molar-refractivity contribution in [2.45, 2.75) is 51.6 Å². The molecule has 2 aromatic rings. The molecule has 0 aliphatic carbocycles. The molecule has 0 spiro atoms. The maximum atomic E-state index is 12.6. The van der Waals surface area contributed by atoms with Crippen molar-refractivity contribution in [1.29, 1.82) is 0 Å². The number of anilines is 5. The van der Waals surface area contributed by atoms with Gasteiger partial charge in [0.05, 0.1) is 24.6 Å². The van der Waals surface area contributed by atoms with Crippen molar-refractivity contribution in [1.82, 2.24) is 9.97 Å². The number of carbonyl (C=O) groups is 1. The van der Waals surface area contributed by atoms with Crippen LogP contribution in [-0.4, -0.2) is 67.4 Å². The largest absolute Gasteiger partial charge is 0.492 e. The maximum Gasteiger partial charge on any atom is 0.229 e. The van der Waals surface area contributed by atoms with Crippen molar-refractivity contribution in [2.24, 2.45) is 0 Å². The molecular weight excluding hydrogens is 432 g/mol. The van der Waals surface area contributed by atoms with E-state index in [1.807, 2.05) is 26.1 Å². The second-order valence-electron chi connectivity index (χ2n) is 9.04.